The molecule has 5 rings (SSSR count). The van der Waals surface area contributed by atoms with Crippen molar-refractivity contribution in [2.75, 3.05) is 6.61 Å². The molecule has 2 heterocycles. The maximum Gasteiger partial charge on any atom is 0.181 e. The molecule has 0 saturated carbocycles. The summed E-state index contributed by atoms with van der Waals surface area (Å²) in [5.74, 6) is -0.341. The van der Waals surface area contributed by atoms with Gasteiger partial charge in [-0.25, -0.2) is 0 Å². The van der Waals surface area contributed by atoms with Crippen LogP contribution in [-0.4, -0.2) is 33.3 Å². The minimum absolute atomic E-state index is 0.00936. The molecule has 0 saturated heterocycles. The number of hydrogen-bond acceptors (Lipinski definition) is 6. The molecule has 3 atom stereocenters. The Balaban J connectivity index is 1.61. The second-order valence-electron chi connectivity index (χ2n) is 9.81. The van der Waals surface area contributed by atoms with Crippen LogP contribution in [-0.2, 0) is 0 Å². The number of aromatic hydroxyl groups is 3. The average molecular weight is 437 g/mol. The number of phenolic OH excluding ortho intramolecular Hbond substituents is 3. The molecule has 2 aliphatic heterocycles. The predicted molar refractivity (Wildman–Crippen MR) is 119 cm³/mol. The van der Waals surface area contributed by atoms with Crippen LogP contribution >= 0.6 is 0 Å². The van der Waals surface area contributed by atoms with Crippen LogP contribution in [0.3, 0.4) is 0 Å². The summed E-state index contributed by atoms with van der Waals surface area (Å²) >= 11 is 0. The van der Waals surface area contributed by atoms with Crippen molar-refractivity contribution in [1.29, 1.82) is 0 Å². The smallest absolute Gasteiger partial charge is 0.181 e. The summed E-state index contributed by atoms with van der Waals surface area (Å²) < 4.78 is 12.0. The highest BCUT2D eigenvalue weighted by atomic mass is 16.5. The Morgan fingerprint density at radius 2 is 1.72 bits per heavy atom. The summed E-state index contributed by atoms with van der Waals surface area (Å²) in [6.45, 7) is 7.85. The average Bonchev–Trinajstić information content (AvgIpc) is 2.72. The normalized spacial score (nSPS) is 25.6. The minimum Gasteiger partial charge on any atom is -0.508 e. The number of carbonyl (C=O) groups excluding carboxylic acids is 1. The Kier molecular flexibility index (Phi) is 4.49. The van der Waals surface area contributed by atoms with E-state index < -0.39 is 5.92 Å². The monoisotopic (exact) mass is 436 g/mol. The number of allylic oxidation sites excluding steroid dienone is 2. The second-order valence-corrected chi connectivity index (χ2v) is 9.81. The van der Waals surface area contributed by atoms with Crippen LogP contribution in [0.25, 0.3) is 0 Å². The summed E-state index contributed by atoms with van der Waals surface area (Å²) in [6, 6.07) is 4.82. The molecule has 1 unspecified atom stereocenters. The molecule has 6 nitrogen and oxygen atoms in total. The molecule has 0 spiro atoms. The van der Waals surface area contributed by atoms with Gasteiger partial charge in [-0.2, -0.15) is 0 Å². The van der Waals surface area contributed by atoms with Crippen molar-refractivity contribution in [2.45, 2.75) is 58.0 Å². The fourth-order valence-electron chi connectivity index (χ4n) is 5.48. The summed E-state index contributed by atoms with van der Waals surface area (Å²) in [7, 11) is 0. The molecule has 6 heteroatoms. The number of Topliss-reactive ketones (excluding diaryl/α,β-unsaturated/α-hetero) is 1. The van der Waals surface area contributed by atoms with Gasteiger partial charge in [-0.05, 0) is 46.6 Å². The fraction of sp³-hybridized carbons (Fsp3) is 0.423. The molecule has 0 bridgehead atoms. The Labute approximate surface area is 187 Å². The number of hydrogen-bond donors (Lipinski definition) is 3. The molecule has 2 aromatic rings. The third-order valence-corrected chi connectivity index (χ3v) is 7.37. The predicted octanol–water partition coefficient (Wildman–Crippen LogP) is 5.08. The Bertz CT molecular complexity index is 1180. The van der Waals surface area contributed by atoms with Crippen LogP contribution in [0, 0.1) is 12.8 Å². The van der Waals surface area contributed by atoms with E-state index in [2.05, 4.69) is 26.8 Å². The van der Waals surface area contributed by atoms with Crippen molar-refractivity contribution >= 4 is 5.78 Å². The standard InChI is InChI=1S/C26H28O6/c1-12-5-6-18-14(7-12)16-8-15(20(28)10-21(16)32-26(18,3)4)17-11-31-22-9-19(27)13(2)24(29)23(22)25(17)30/h7-10,14,17-18,27-29H,5-6,11H2,1-4H3/t14-,17?,18-/m0/s1. The largest absolute Gasteiger partial charge is 0.508 e. The zero-order valence-corrected chi connectivity index (χ0v) is 18.7. The maximum atomic E-state index is 13.4. The van der Waals surface area contributed by atoms with Gasteiger partial charge in [-0.3, -0.25) is 4.79 Å². The first-order chi connectivity index (χ1) is 15.1. The van der Waals surface area contributed by atoms with Gasteiger partial charge in [0.1, 0.15) is 46.5 Å². The molecule has 0 amide bonds. The molecule has 0 fully saturated rings. The molecule has 1 aliphatic carbocycles. The number of ketones is 1. The van der Waals surface area contributed by atoms with Crippen molar-refractivity contribution in [2.24, 2.45) is 5.92 Å². The lowest BCUT2D eigenvalue weighted by atomic mass is 9.67. The van der Waals surface area contributed by atoms with E-state index in [1.54, 1.807) is 6.07 Å². The van der Waals surface area contributed by atoms with E-state index in [0.717, 1.165) is 18.4 Å². The van der Waals surface area contributed by atoms with E-state index in [1.807, 2.05) is 6.07 Å². The van der Waals surface area contributed by atoms with Crippen LogP contribution in [0.15, 0.2) is 29.8 Å². The maximum absolute atomic E-state index is 13.4. The van der Waals surface area contributed by atoms with Gasteiger partial charge >= 0.3 is 0 Å². The molecule has 0 aromatic heterocycles. The van der Waals surface area contributed by atoms with Gasteiger partial charge in [0, 0.05) is 40.7 Å². The van der Waals surface area contributed by atoms with Crippen LogP contribution < -0.4 is 9.47 Å². The van der Waals surface area contributed by atoms with Crippen molar-refractivity contribution in [3.05, 3.63) is 52.1 Å². The minimum atomic E-state index is -0.773. The Hall–Kier alpha value is -3.15. The molecule has 3 N–H and O–H groups in total. The lowest BCUT2D eigenvalue weighted by Gasteiger charge is -2.46. The highest BCUT2D eigenvalue weighted by Crippen LogP contribution is 2.53. The van der Waals surface area contributed by atoms with E-state index >= 15 is 0 Å². The van der Waals surface area contributed by atoms with Gasteiger partial charge in [-0.1, -0.05) is 11.6 Å². The third-order valence-electron chi connectivity index (χ3n) is 7.37. The first kappa shape index (κ1) is 20.7. The first-order valence-corrected chi connectivity index (χ1v) is 11.0. The summed E-state index contributed by atoms with van der Waals surface area (Å²) in [6.07, 6.45) is 4.33. The second kappa shape index (κ2) is 6.92. The molecular formula is C26H28O6. The zero-order chi connectivity index (χ0) is 22.9. The molecule has 32 heavy (non-hydrogen) atoms. The molecule has 0 radical (unpaired) electrons. The van der Waals surface area contributed by atoms with Crippen molar-refractivity contribution < 1.29 is 29.6 Å². The number of rotatable bonds is 1. The molecule has 2 aromatic carbocycles. The van der Waals surface area contributed by atoms with Crippen LogP contribution in [0.1, 0.15) is 72.5 Å². The molecule has 3 aliphatic rings. The van der Waals surface area contributed by atoms with Crippen LogP contribution in [0.5, 0.6) is 28.7 Å². The fourth-order valence-corrected chi connectivity index (χ4v) is 5.48. The van der Waals surface area contributed by atoms with E-state index in [-0.39, 0.29) is 58.0 Å². The third kappa shape index (κ3) is 2.96. The van der Waals surface area contributed by atoms with Gasteiger partial charge in [-0.15, -0.1) is 0 Å². The number of benzene rings is 2. The Morgan fingerprint density at radius 3 is 2.47 bits per heavy atom. The zero-order valence-electron chi connectivity index (χ0n) is 18.7. The molecular weight excluding hydrogens is 408 g/mol. The topological polar surface area (TPSA) is 96.2 Å². The lowest BCUT2D eigenvalue weighted by molar-refractivity contribution is 0.0113. The van der Waals surface area contributed by atoms with Crippen LogP contribution in [0.4, 0.5) is 0 Å². The number of carbonyl (C=O) groups is 1. The van der Waals surface area contributed by atoms with Gasteiger partial charge in [0.15, 0.2) is 5.78 Å². The lowest BCUT2D eigenvalue weighted by Crippen LogP contribution is -2.45. The Morgan fingerprint density at radius 1 is 1.00 bits per heavy atom. The number of phenols is 3. The van der Waals surface area contributed by atoms with Gasteiger partial charge in [0.05, 0.1) is 5.92 Å². The van der Waals surface area contributed by atoms with E-state index in [1.165, 1.54) is 18.6 Å². The van der Waals surface area contributed by atoms with Gasteiger partial charge < -0.3 is 24.8 Å². The van der Waals surface area contributed by atoms with Crippen LogP contribution in [0.2, 0.25) is 0 Å². The van der Waals surface area contributed by atoms with Gasteiger partial charge in [0.2, 0.25) is 0 Å². The van der Waals surface area contributed by atoms with E-state index in [0.29, 0.717) is 17.2 Å². The molecule has 168 valence electrons. The van der Waals surface area contributed by atoms with E-state index in [9.17, 15) is 20.1 Å². The highest BCUT2D eigenvalue weighted by Gasteiger charge is 2.45. The van der Waals surface area contributed by atoms with Gasteiger partial charge in [0.25, 0.3) is 0 Å². The van der Waals surface area contributed by atoms with E-state index in [4.69, 9.17) is 9.47 Å². The number of ether oxygens (including phenoxy) is 2. The van der Waals surface area contributed by atoms with Crippen molar-refractivity contribution in [1.82, 2.24) is 0 Å². The highest BCUT2D eigenvalue weighted by molar-refractivity contribution is 6.07. The summed E-state index contributed by atoms with van der Waals surface area (Å²) in [5, 5.41) is 31.3. The summed E-state index contributed by atoms with van der Waals surface area (Å²) in [5.41, 5.74) is 2.65. The van der Waals surface area contributed by atoms with Crippen molar-refractivity contribution in [3.63, 3.8) is 0 Å². The van der Waals surface area contributed by atoms with Crippen molar-refractivity contribution in [3.8, 4) is 28.7 Å². The first-order valence-electron chi connectivity index (χ1n) is 11.0. The summed E-state index contributed by atoms with van der Waals surface area (Å²) in [4.78, 5) is 13.4. The quantitative estimate of drug-likeness (QED) is 0.540. The number of fused-ring (bicyclic) bond motifs is 4. The SMILES string of the molecule is CC1=C[C@H]2c3cc(C4COc5cc(O)c(C)c(O)c5C4=O)c(O)cc3OC(C)(C)[C@H]2CC1.